The van der Waals surface area contributed by atoms with Gasteiger partial charge in [-0.3, -0.25) is 4.79 Å². The van der Waals surface area contributed by atoms with Crippen LogP contribution in [0.5, 0.6) is 0 Å². The van der Waals surface area contributed by atoms with Crippen molar-refractivity contribution in [1.29, 1.82) is 0 Å². The maximum Gasteiger partial charge on any atom is 0.228 e. The van der Waals surface area contributed by atoms with Gasteiger partial charge in [-0.2, -0.15) is 0 Å². The van der Waals surface area contributed by atoms with E-state index in [0.717, 1.165) is 25.7 Å². The van der Waals surface area contributed by atoms with Crippen molar-refractivity contribution in [3.8, 4) is 0 Å². The van der Waals surface area contributed by atoms with Crippen LogP contribution < -0.4 is 5.32 Å². The quantitative estimate of drug-likeness (QED) is 0.832. The lowest BCUT2D eigenvalue weighted by Gasteiger charge is -2.35. The third-order valence-electron chi connectivity index (χ3n) is 3.62. The van der Waals surface area contributed by atoms with Crippen molar-refractivity contribution in [2.75, 3.05) is 6.67 Å². The molecule has 1 fully saturated rings. The van der Waals surface area contributed by atoms with Gasteiger partial charge in [0, 0.05) is 6.04 Å². The summed E-state index contributed by atoms with van der Waals surface area (Å²) in [6.45, 7) is 7.22. The molecular weight excluding hydrogens is 241 g/mol. The summed E-state index contributed by atoms with van der Waals surface area (Å²) in [5, 5.41) is 2.97. The van der Waals surface area contributed by atoms with Gasteiger partial charge in [-0.15, -0.1) is 12.4 Å². The van der Waals surface area contributed by atoms with Gasteiger partial charge in [0.05, 0.1) is 5.41 Å². The van der Waals surface area contributed by atoms with Gasteiger partial charge in [0.25, 0.3) is 0 Å². The van der Waals surface area contributed by atoms with Crippen molar-refractivity contribution in [2.45, 2.75) is 59.4 Å². The van der Waals surface area contributed by atoms with Crippen molar-refractivity contribution in [1.82, 2.24) is 5.32 Å². The van der Waals surface area contributed by atoms with E-state index in [-0.39, 0.29) is 24.4 Å². The van der Waals surface area contributed by atoms with E-state index >= 15 is 0 Å². The van der Waals surface area contributed by atoms with Crippen molar-refractivity contribution >= 4 is 18.3 Å². The summed E-state index contributed by atoms with van der Waals surface area (Å²) in [4.78, 5) is 11.8. The molecule has 0 aromatic heterocycles. The molecule has 1 amide bonds. The fourth-order valence-corrected chi connectivity index (χ4v) is 1.99. The first-order valence-electron chi connectivity index (χ1n) is 6.14. The standard InChI is InChI=1S/C13H24FNO.ClH/c1-12(2)7-5-10(6-8-12)15-11(16)13(3,4)9-14;/h10H,5-9H2,1-4H3,(H,15,16);1H. The zero-order chi connectivity index (χ0) is 12.4. The van der Waals surface area contributed by atoms with Gasteiger partial charge < -0.3 is 5.32 Å². The first-order chi connectivity index (χ1) is 7.27. The Morgan fingerprint density at radius 2 is 1.82 bits per heavy atom. The second-order valence-corrected chi connectivity index (χ2v) is 6.43. The van der Waals surface area contributed by atoms with E-state index in [1.165, 1.54) is 0 Å². The monoisotopic (exact) mass is 265 g/mol. The molecule has 0 spiro atoms. The molecule has 2 nitrogen and oxygen atoms in total. The van der Waals surface area contributed by atoms with E-state index in [2.05, 4.69) is 19.2 Å². The number of halogens is 2. The molecule has 17 heavy (non-hydrogen) atoms. The Labute approximate surface area is 110 Å². The van der Waals surface area contributed by atoms with Crippen LogP contribution in [-0.2, 0) is 4.79 Å². The van der Waals surface area contributed by atoms with Crippen LogP contribution in [0.2, 0.25) is 0 Å². The summed E-state index contributed by atoms with van der Waals surface area (Å²) < 4.78 is 12.6. The van der Waals surface area contributed by atoms with Gasteiger partial charge >= 0.3 is 0 Å². The van der Waals surface area contributed by atoms with Gasteiger partial charge in [0.1, 0.15) is 6.67 Å². The normalized spacial score (nSPS) is 20.5. The summed E-state index contributed by atoms with van der Waals surface area (Å²) in [6, 6.07) is 0.242. The third-order valence-corrected chi connectivity index (χ3v) is 3.62. The largest absolute Gasteiger partial charge is 0.353 e. The lowest BCUT2D eigenvalue weighted by Crippen LogP contribution is -2.45. The Hall–Kier alpha value is -0.310. The van der Waals surface area contributed by atoms with Crippen molar-refractivity contribution in [2.24, 2.45) is 10.8 Å². The van der Waals surface area contributed by atoms with Crippen LogP contribution in [0, 0.1) is 10.8 Å². The molecule has 0 aromatic rings. The molecule has 0 unspecified atom stereocenters. The van der Waals surface area contributed by atoms with Gasteiger partial charge in [-0.25, -0.2) is 4.39 Å². The number of nitrogens with one attached hydrogen (secondary N) is 1. The summed E-state index contributed by atoms with van der Waals surface area (Å²) in [5.74, 6) is -0.153. The zero-order valence-electron chi connectivity index (χ0n) is 11.3. The number of hydrogen-bond acceptors (Lipinski definition) is 1. The summed E-state index contributed by atoms with van der Waals surface area (Å²) in [6.07, 6.45) is 4.30. The second-order valence-electron chi connectivity index (χ2n) is 6.43. The Morgan fingerprint density at radius 3 is 2.24 bits per heavy atom. The zero-order valence-corrected chi connectivity index (χ0v) is 12.1. The van der Waals surface area contributed by atoms with Crippen LogP contribution in [-0.4, -0.2) is 18.6 Å². The molecule has 102 valence electrons. The fourth-order valence-electron chi connectivity index (χ4n) is 1.99. The number of alkyl halides is 1. The molecule has 4 heteroatoms. The molecule has 0 aliphatic heterocycles. The SMILES string of the molecule is CC1(C)CCC(NC(=O)C(C)(C)CF)CC1.Cl. The van der Waals surface area contributed by atoms with Gasteiger partial charge in [-0.05, 0) is 44.9 Å². The van der Waals surface area contributed by atoms with Gasteiger partial charge in [-0.1, -0.05) is 13.8 Å². The van der Waals surface area contributed by atoms with Gasteiger partial charge in [0.15, 0.2) is 0 Å². The lowest BCUT2D eigenvalue weighted by atomic mass is 9.75. The van der Waals surface area contributed by atoms with Crippen molar-refractivity contribution in [3.63, 3.8) is 0 Å². The highest BCUT2D eigenvalue weighted by Gasteiger charge is 2.32. The maximum atomic E-state index is 12.6. The van der Waals surface area contributed by atoms with Crippen LogP contribution >= 0.6 is 12.4 Å². The van der Waals surface area contributed by atoms with Crippen LogP contribution in [0.25, 0.3) is 0 Å². The van der Waals surface area contributed by atoms with Crippen LogP contribution in [0.3, 0.4) is 0 Å². The third kappa shape index (κ3) is 4.82. The minimum absolute atomic E-state index is 0. The van der Waals surface area contributed by atoms with E-state index in [4.69, 9.17) is 0 Å². The number of amides is 1. The Kier molecular flexibility index (Phi) is 5.92. The Balaban J connectivity index is 0.00000256. The first kappa shape index (κ1) is 16.7. The highest BCUT2D eigenvalue weighted by molar-refractivity contribution is 5.85. The van der Waals surface area contributed by atoms with Crippen molar-refractivity contribution in [3.05, 3.63) is 0 Å². The molecule has 1 saturated carbocycles. The predicted molar refractivity (Wildman–Crippen MR) is 71.2 cm³/mol. The highest BCUT2D eigenvalue weighted by atomic mass is 35.5. The van der Waals surface area contributed by atoms with E-state index in [0.29, 0.717) is 5.41 Å². The van der Waals surface area contributed by atoms with E-state index in [1.54, 1.807) is 13.8 Å². The highest BCUT2D eigenvalue weighted by Crippen LogP contribution is 2.35. The molecule has 0 heterocycles. The predicted octanol–water partition coefficient (Wildman–Crippen LogP) is 3.49. The van der Waals surface area contributed by atoms with Crippen LogP contribution in [0.4, 0.5) is 4.39 Å². The van der Waals surface area contributed by atoms with Crippen LogP contribution in [0.15, 0.2) is 0 Å². The molecule has 0 atom stereocenters. The van der Waals surface area contributed by atoms with E-state index in [9.17, 15) is 9.18 Å². The minimum atomic E-state index is -0.882. The molecule has 1 N–H and O–H groups in total. The number of carbonyl (C=O) groups excluding carboxylic acids is 1. The summed E-state index contributed by atoms with van der Waals surface area (Å²) in [7, 11) is 0. The second kappa shape index (κ2) is 6.03. The Morgan fingerprint density at radius 1 is 1.35 bits per heavy atom. The van der Waals surface area contributed by atoms with E-state index < -0.39 is 12.1 Å². The smallest absolute Gasteiger partial charge is 0.228 e. The average molecular weight is 266 g/mol. The maximum absolute atomic E-state index is 12.6. The Bertz CT molecular complexity index is 256. The number of hydrogen-bond donors (Lipinski definition) is 1. The molecule has 1 aliphatic carbocycles. The van der Waals surface area contributed by atoms with Crippen LogP contribution in [0.1, 0.15) is 53.4 Å². The molecule has 1 rings (SSSR count). The van der Waals surface area contributed by atoms with Crippen molar-refractivity contribution < 1.29 is 9.18 Å². The van der Waals surface area contributed by atoms with E-state index in [1.807, 2.05) is 0 Å². The topological polar surface area (TPSA) is 29.1 Å². The molecule has 0 bridgehead atoms. The molecule has 0 radical (unpaired) electrons. The molecular formula is C13H25ClFNO. The summed E-state index contributed by atoms with van der Waals surface area (Å²) >= 11 is 0. The number of rotatable bonds is 3. The fraction of sp³-hybridized carbons (Fsp3) is 0.923. The lowest BCUT2D eigenvalue weighted by molar-refractivity contribution is -0.131. The number of carbonyl (C=O) groups is 1. The minimum Gasteiger partial charge on any atom is -0.353 e. The first-order valence-corrected chi connectivity index (χ1v) is 6.14. The molecule has 0 aromatic carbocycles. The molecule has 1 aliphatic rings. The summed E-state index contributed by atoms with van der Waals surface area (Å²) in [5.41, 5.74) is -0.482. The van der Waals surface area contributed by atoms with Gasteiger partial charge in [0.2, 0.25) is 5.91 Å². The molecule has 0 saturated heterocycles. The average Bonchev–Trinajstić information content (AvgIpc) is 2.21.